The third kappa shape index (κ3) is 2.08. The van der Waals surface area contributed by atoms with Gasteiger partial charge in [-0.05, 0) is 40.0 Å². The Hall–Kier alpha value is -1.30. The predicted octanol–water partition coefficient (Wildman–Crippen LogP) is 1.06. The van der Waals surface area contributed by atoms with Crippen molar-refractivity contribution in [1.29, 1.82) is 0 Å². The standard InChI is InChI=1S/C13H21NO5/c1-12(2,3)19-11(17)14-8-5-6-13(14,9(15)7-8)10(16)18-4/h8-9,15H,5-7H2,1-4H3/t8-,9-,13+/m0/s1. The van der Waals surface area contributed by atoms with Crippen molar-refractivity contribution in [3.8, 4) is 0 Å². The monoisotopic (exact) mass is 271 g/mol. The number of ether oxygens (including phenoxy) is 2. The van der Waals surface area contributed by atoms with Gasteiger partial charge in [-0.3, -0.25) is 4.90 Å². The maximum atomic E-state index is 12.3. The molecule has 0 aromatic carbocycles. The van der Waals surface area contributed by atoms with Gasteiger partial charge in [-0.2, -0.15) is 0 Å². The molecule has 2 aliphatic heterocycles. The zero-order valence-electron chi connectivity index (χ0n) is 11.8. The second-order valence-corrected chi connectivity index (χ2v) is 6.21. The van der Waals surface area contributed by atoms with E-state index in [4.69, 9.17) is 9.47 Å². The summed E-state index contributed by atoms with van der Waals surface area (Å²) >= 11 is 0. The van der Waals surface area contributed by atoms with E-state index in [9.17, 15) is 14.7 Å². The van der Waals surface area contributed by atoms with E-state index in [0.717, 1.165) is 0 Å². The number of carbonyl (C=O) groups excluding carboxylic acids is 2. The summed E-state index contributed by atoms with van der Waals surface area (Å²) in [5.74, 6) is -0.564. The molecular weight excluding hydrogens is 250 g/mol. The number of nitrogens with zero attached hydrogens (tertiary/aromatic N) is 1. The highest BCUT2D eigenvalue weighted by Gasteiger charge is 2.65. The Bertz CT molecular complexity index is 402. The zero-order valence-corrected chi connectivity index (χ0v) is 11.8. The number of aliphatic hydroxyl groups is 1. The summed E-state index contributed by atoms with van der Waals surface area (Å²) in [4.78, 5) is 25.7. The first-order chi connectivity index (χ1) is 8.72. The van der Waals surface area contributed by atoms with E-state index in [1.807, 2.05) is 0 Å². The second-order valence-electron chi connectivity index (χ2n) is 6.21. The van der Waals surface area contributed by atoms with Crippen LogP contribution in [0.4, 0.5) is 4.79 Å². The van der Waals surface area contributed by atoms with Crippen LogP contribution in [-0.2, 0) is 14.3 Å². The van der Waals surface area contributed by atoms with Gasteiger partial charge in [0.1, 0.15) is 5.60 Å². The van der Waals surface area contributed by atoms with Crippen LogP contribution in [0.15, 0.2) is 0 Å². The third-order valence-electron chi connectivity index (χ3n) is 3.83. The van der Waals surface area contributed by atoms with Crippen molar-refractivity contribution in [2.24, 2.45) is 0 Å². The van der Waals surface area contributed by atoms with Crippen molar-refractivity contribution in [1.82, 2.24) is 4.90 Å². The molecule has 1 amide bonds. The first-order valence-corrected chi connectivity index (χ1v) is 6.51. The number of carbonyl (C=O) groups is 2. The van der Waals surface area contributed by atoms with Crippen molar-refractivity contribution in [3.05, 3.63) is 0 Å². The van der Waals surface area contributed by atoms with E-state index in [1.54, 1.807) is 20.8 Å². The van der Waals surface area contributed by atoms with E-state index < -0.39 is 29.3 Å². The summed E-state index contributed by atoms with van der Waals surface area (Å²) in [7, 11) is 1.27. The molecule has 2 aliphatic rings. The molecule has 3 atom stereocenters. The molecule has 2 bridgehead atoms. The minimum absolute atomic E-state index is 0.149. The first-order valence-electron chi connectivity index (χ1n) is 6.51. The van der Waals surface area contributed by atoms with E-state index in [-0.39, 0.29) is 6.04 Å². The molecule has 2 heterocycles. The van der Waals surface area contributed by atoms with E-state index in [2.05, 4.69) is 0 Å². The van der Waals surface area contributed by atoms with Crippen LogP contribution in [0.2, 0.25) is 0 Å². The Morgan fingerprint density at radius 3 is 2.47 bits per heavy atom. The Morgan fingerprint density at radius 1 is 1.37 bits per heavy atom. The lowest BCUT2D eigenvalue weighted by Gasteiger charge is -2.35. The molecule has 0 aromatic heterocycles. The van der Waals surface area contributed by atoms with E-state index >= 15 is 0 Å². The molecule has 2 saturated heterocycles. The Labute approximate surface area is 112 Å². The summed E-state index contributed by atoms with van der Waals surface area (Å²) in [5.41, 5.74) is -1.90. The molecule has 6 nitrogen and oxygen atoms in total. The van der Waals surface area contributed by atoms with Gasteiger partial charge in [0, 0.05) is 6.04 Å². The highest BCUT2D eigenvalue weighted by molar-refractivity contribution is 5.88. The molecule has 2 fully saturated rings. The number of rotatable bonds is 1. The quantitative estimate of drug-likeness (QED) is 0.722. The molecule has 0 spiro atoms. The number of aliphatic hydroxyl groups excluding tert-OH is 1. The number of hydrogen-bond acceptors (Lipinski definition) is 5. The Morgan fingerprint density at radius 2 is 2.00 bits per heavy atom. The third-order valence-corrected chi connectivity index (χ3v) is 3.83. The maximum absolute atomic E-state index is 12.3. The van der Waals surface area contributed by atoms with Gasteiger partial charge in [-0.25, -0.2) is 9.59 Å². The number of esters is 1. The van der Waals surface area contributed by atoms with Crippen molar-refractivity contribution < 1.29 is 24.2 Å². The summed E-state index contributed by atoms with van der Waals surface area (Å²) in [6, 6.07) is -0.149. The van der Waals surface area contributed by atoms with Crippen LogP contribution in [0.3, 0.4) is 0 Å². The van der Waals surface area contributed by atoms with Crippen LogP contribution in [0.25, 0.3) is 0 Å². The predicted molar refractivity (Wildman–Crippen MR) is 66.5 cm³/mol. The summed E-state index contributed by atoms with van der Waals surface area (Å²) in [6.07, 6.45) is 0.0629. The lowest BCUT2D eigenvalue weighted by atomic mass is 9.85. The van der Waals surface area contributed by atoms with Crippen molar-refractivity contribution in [2.75, 3.05) is 7.11 Å². The van der Waals surface area contributed by atoms with Gasteiger partial charge in [-0.15, -0.1) is 0 Å². The van der Waals surface area contributed by atoms with Gasteiger partial charge >= 0.3 is 12.1 Å². The molecule has 6 heteroatoms. The van der Waals surface area contributed by atoms with Gasteiger partial charge in [0.15, 0.2) is 5.54 Å². The molecule has 0 unspecified atom stereocenters. The molecule has 0 aromatic rings. The number of hydrogen-bond donors (Lipinski definition) is 1. The average Bonchev–Trinajstić information content (AvgIpc) is 2.78. The fourth-order valence-electron chi connectivity index (χ4n) is 3.10. The summed E-state index contributed by atoms with van der Waals surface area (Å²) in [5, 5.41) is 10.1. The number of fused-ring (bicyclic) bond motifs is 2. The molecular formula is C13H21NO5. The number of methoxy groups -OCH3 is 1. The van der Waals surface area contributed by atoms with Crippen LogP contribution in [0.1, 0.15) is 40.0 Å². The first kappa shape index (κ1) is 14.1. The van der Waals surface area contributed by atoms with Gasteiger partial charge in [-0.1, -0.05) is 0 Å². The molecule has 0 radical (unpaired) electrons. The highest BCUT2D eigenvalue weighted by Crippen LogP contribution is 2.47. The normalized spacial score (nSPS) is 33.4. The average molecular weight is 271 g/mol. The highest BCUT2D eigenvalue weighted by atomic mass is 16.6. The van der Waals surface area contributed by atoms with Gasteiger partial charge in [0.2, 0.25) is 0 Å². The lowest BCUT2D eigenvalue weighted by molar-refractivity contribution is -0.157. The minimum atomic E-state index is -1.26. The largest absolute Gasteiger partial charge is 0.467 e. The smallest absolute Gasteiger partial charge is 0.411 e. The van der Waals surface area contributed by atoms with Gasteiger partial charge in [0.25, 0.3) is 0 Å². The molecule has 2 rings (SSSR count). The van der Waals surface area contributed by atoms with E-state index in [0.29, 0.717) is 19.3 Å². The summed E-state index contributed by atoms with van der Waals surface area (Å²) < 4.78 is 10.1. The van der Waals surface area contributed by atoms with E-state index in [1.165, 1.54) is 12.0 Å². The van der Waals surface area contributed by atoms with Crippen LogP contribution in [-0.4, -0.2) is 52.5 Å². The molecule has 0 aliphatic carbocycles. The molecule has 19 heavy (non-hydrogen) atoms. The van der Waals surface area contributed by atoms with Gasteiger partial charge in [0.05, 0.1) is 13.2 Å². The van der Waals surface area contributed by atoms with Crippen LogP contribution in [0, 0.1) is 0 Å². The molecule has 0 saturated carbocycles. The topological polar surface area (TPSA) is 76.1 Å². The maximum Gasteiger partial charge on any atom is 0.411 e. The van der Waals surface area contributed by atoms with Crippen LogP contribution < -0.4 is 0 Å². The fraction of sp³-hybridized carbons (Fsp3) is 0.846. The van der Waals surface area contributed by atoms with Crippen molar-refractivity contribution in [3.63, 3.8) is 0 Å². The number of amides is 1. The van der Waals surface area contributed by atoms with Crippen molar-refractivity contribution in [2.45, 2.75) is 63.3 Å². The Balaban J connectivity index is 2.29. The minimum Gasteiger partial charge on any atom is -0.467 e. The lowest BCUT2D eigenvalue weighted by Crippen LogP contribution is -2.57. The second kappa shape index (κ2) is 4.37. The Kier molecular flexibility index (Phi) is 3.24. The SMILES string of the molecule is COC(=O)[C@@]12CC[C@@H](C[C@@H]1O)N2C(=O)OC(C)(C)C. The van der Waals surface area contributed by atoms with Crippen LogP contribution in [0.5, 0.6) is 0 Å². The zero-order chi connectivity index (χ0) is 14.4. The molecule has 108 valence electrons. The van der Waals surface area contributed by atoms with Crippen molar-refractivity contribution >= 4 is 12.1 Å². The fourth-order valence-corrected chi connectivity index (χ4v) is 3.10. The van der Waals surface area contributed by atoms with Gasteiger partial charge < -0.3 is 14.6 Å². The molecule has 1 N–H and O–H groups in total. The van der Waals surface area contributed by atoms with Crippen LogP contribution >= 0.6 is 0 Å². The summed E-state index contributed by atoms with van der Waals surface area (Å²) in [6.45, 7) is 5.30.